The van der Waals surface area contributed by atoms with E-state index in [0.29, 0.717) is 47.1 Å². The first-order valence-corrected chi connectivity index (χ1v) is 14.0. The maximum atomic E-state index is 14.1. The maximum absolute atomic E-state index is 14.1. The van der Waals surface area contributed by atoms with Crippen molar-refractivity contribution in [2.45, 2.75) is 32.3 Å². The number of halogens is 4. The first kappa shape index (κ1) is 32.9. The second-order valence-corrected chi connectivity index (χ2v) is 9.94. The van der Waals surface area contributed by atoms with Gasteiger partial charge in [-0.25, -0.2) is 18.4 Å². The minimum atomic E-state index is -1.04. The molecule has 1 unspecified atom stereocenters. The summed E-state index contributed by atoms with van der Waals surface area (Å²) < 4.78 is 49.2. The van der Waals surface area contributed by atoms with E-state index in [0.717, 1.165) is 17.7 Å². The van der Waals surface area contributed by atoms with E-state index in [1.165, 1.54) is 4.90 Å². The number of amides is 1. The molecule has 0 aromatic heterocycles. The third-order valence-corrected chi connectivity index (χ3v) is 6.33. The Labute approximate surface area is 252 Å². The van der Waals surface area contributed by atoms with Crippen molar-refractivity contribution in [2.75, 3.05) is 32.9 Å². The van der Waals surface area contributed by atoms with Crippen molar-refractivity contribution in [3.8, 4) is 17.2 Å². The third kappa shape index (κ3) is 11.0. The number of carboxylic acids is 1. The standard InChI is InChI=1S/C30H31Cl2F2NO7/c1-2-39-28(29(36)37)15-20-5-8-24(9-6-20)41-14-12-35(30(38)42-27-10-7-23(33)19-26(27)34)11-3-4-13-40-25-17-21(31)16-22(32)18-25/h5-10,16-19,28H,2-4,11-15H2,1H3,(H,36,37). The monoisotopic (exact) mass is 625 g/mol. The summed E-state index contributed by atoms with van der Waals surface area (Å²) in [5.41, 5.74) is 0.761. The van der Waals surface area contributed by atoms with Crippen LogP contribution in [0.15, 0.2) is 60.7 Å². The smallest absolute Gasteiger partial charge is 0.415 e. The van der Waals surface area contributed by atoms with E-state index in [1.807, 2.05) is 0 Å². The average Bonchev–Trinajstić information content (AvgIpc) is 2.93. The molecule has 1 atom stereocenters. The Morgan fingerprint density at radius 3 is 2.21 bits per heavy atom. The van der Waals surface area contributed by atoms with Crippen molar-refractivity contribution >= 4 is 35.3 Å². The highest BCUT2D eigenvalue weighted by molar-refractivity contribution is 6.34. The van der Waals surface area contributed by atoms with E-state index in [2.05, 4.69) is 0 Å². The van der Waals surface area contributed by atoms with Gasteiger partial charge in [0.25, 0.3) is 0 Å². The highest BCUT2D eigenvalue weighted by Crippen LogP contribution is 2.24. The fraction of sp³-hybridized carbons (Fsp3) is 0.333. The lowest BCUT2D eigenvalue weighted by Gasteiger charge is -2.22. The molecule has 0 heterocycles. The molecule has 3 aromatic carbocycles. The fourth-order valence-corrected chi connectivity index (χ4v) is 4.35. The lowest BCUT2D eigenvalue weighted by molar-refractivity contribution is -0.149. The number of carboxylic acid groups (broad SMARTS) is 1. The van der Waals surface area contributed by atoms with Crippen LogP contribution in [0.25, 0.3) is 0 Å². The zero-order valence-electron chi connectivity index (χ0n) is 22.9. The summed E-state index contributed by atoms with van der Waals surface area (Å²) >= 11 is 12.0. The molecule has 8 nitrogen and oxygen atoms in total. The van der Waals surface area contributed by atoms with Crippen LogP contribution in [0.1, 0.15) is 25.3 Å². The van der Waals surface area contributed by atoms with Crippen molar-refractivity contribution in [2.24, 2.45) is 0 Å². The second-order valence-electron chi connectivity index (χ2n) is 9.07. The summed E-state index contributed by atoms with van der Waals surface area (Å²) in [5.74, 6) is -2.19. The summed E-state index contributed by atoms with van der Waals surface area (Å²) in [5, 5.41) is 10.2. The molecule has 0 spiro atoms. The molecule has 0 aliphatic heterocycles. The van der Waals surface area contributed by atoms with Gasteiger partial charge in [-0.15, -0.1) is 0 Å². The number of hydrogen-bond donors (Lipinski definition) is 1. The Balaban J connectivity index is 1.55. The van der Waals surface area contributed by atoms with Gasteiger partial charge < -0.3 is 29.0 Å². The van der Waals surface area contributed by atoms with Crippen molar-refractivity contribution in [3.63, 3.8) is 0 Å². The molecule has 1 amide bonds. The summed E-state index contributed by atoms with van der Waals surface area (Å²) in [6.07, 6.45) is -0.468. The predicted octanol–water partition coefficient (Wildman–Crippen LogP) is 7.04. The lowest BCUT2D eigenvalue weighted by Crippen LogP contribution is -2.37. The van der Waals surface area contributed by atoms with E-state index < -0.39 is 35.6 Å². The normalized spacial score (nSPS) is 11.5. The van der Waals surface area contributed by atoms with E-state index in [-0.39, 0.29) is 32.7 Å². The van der Waals surface area contributed by atoms with Crippen LogP contribution in [0.5, 0.6) is 17.2 Å². The molecule has 0 aliphatic carbocycles. The second kappa shape index (κ2) is 16.7. The van der Waals surface area contributed by atoms with Crippen molar-refractivity contribution in [3.05, 3.63) is 87.9 Å². The third-order valence-electron chi connectivity index (χ3n) is 5.89. The molecule has 226 valence electrons. The van der Waals surface area contributed by atoms with Crippen molar-refractivity contribution in [1.29, 1.82) is 0 Å². The Morgan fingerprint density at radius 2 is 1.57 bits per heavy atom. The van der Waals surface area contributed by atoms with Crippen LogP contribution in [0.4, 0.5) is 13.6 Å². The minimum absolute atomic E-state index is 0.0918. The van der Waals surface area contributed by atoms with Gasteiger partial charge in [0.2, 0.25) is 0 Å². The van der Waals surface area contributed by atoms with Crippen LogP contribution >= 0.6 is 23.2 Å². The Bertz CT molecular complexity index is 1310. The van der Waals surface area contributed by atoms with Crippen LogP contribution in [0.3, 0.4) is 0 Å². The topological polar surface area (TPSA) is 94.5 Å². The maximum Gasteiger partial charge on any atom is 0.415 e. The number of unbranched alkanes of at least 4 members (excludes halogenated alkanes) is 1. The lowest BCUT2D eigenvalue weighted by atomic mass is 10.1. The van der Waals surface area contributed by atoms with E-state index in [1.54, 1.807) is 49.4 Å². The van der Waals surface area contributed by atoms with Crippen molar-refractivity contribution < 1.29 is 42.4 Å². The van der Waals surface area contributed by atoms with E-state index in [9.17, 15) is 23.5 Å². The SMILES string of the molecule is CCOC(Cc1ccc(OCCN(CCCCOc2cc(Cl)cc(Cl)c2)C(=O)Oc2ccc(F)cc2F)cc1)C(=O)O. The van der Waals surface area contributed by atoms with Gasteiger partial charge in [-0.05, 0) is 67.8 Å². The number of benzene rings is 3. The molecule has 12 heteroatoms. The van der Waals surface area contributed by atoms with Crippen LogP contribution in [0, 0.1) is 11.6 Å². The van der Waals surface area contributed by atoms with Crippen molar-refractivity contribution in [1.82, 2.24) is 4.90 Å². The highest BCUT2D eigenvalue weighted by atomic mass is 35.5. The molecule has 0 aliphatic rings. The average molecular weight is 626 g/mol. The molecule has 0 saturated carbocycles. The summed E-state index contributed by atoms with van der Waals surface area (Å²) in [6, 6.07) is 14.4. The van der Waals surface area contributed by atoms with Gasteiger partial charge in [-0.3, -0.25) is 0 Å². The van der Waals surface area contributed by atoms with Crippen LogP contribution in [0.2, 0.25) is 10.0 Å². The molecule has 3 rings (SSSR count). The van der Waals surface area contributed by atoms with E-state index in [4.69, 9.17) is 42.1 Å². The van der Waals surface area contributed by atoms with Crippen LogP contribution in [-0.2, 0) is 16.0 Å². The summed E-state index contributed by atoms with van der Waals surface area (Å²) in [4.78, 5) is 25.6. The van der Waals surface area contributed by atoms with Gasteiger partial charge in [-0.2, -0.15) is 0 Å². The summed E-state index contributed by atoms with van der Waals surface area (Å²) in [6.45, 7) is 2.80. The molecule has 0 saturated heterocycles. The number of rotatable bonds is 16. The highest BCUT2D eigenvalue weighted by Gasteiger charge is 2.19. The van der Waals surface area contributed by atoms with E-state index >= 15 is 0 Å². The van der Waals surface area contributed by atoms with Gasteiger partial charge in [0, 0.05) is 35.7 Å². The molecule has 0 radical (unpaired) electrons. The molecule has 0 bridgehead atoms. The van der Waals surface area contributed by atoms with Gasteiger partial charge >= 0.3 is 12.1 Å². The molecule has 42 heavy (non-hydrogen) atoms. The van der Waals surface area contributed by atoms with Gasteiger partial charge in [0.15, 0.2) is 17.7 Å². The van der Waals surface area contributed by atoms with Crippen LogP contribution in [-0.4, -0.2) is 61.1 Å². The molecule has 1 N–H and O–H groups in total. The molecular formula is C30H31Cl2F2NO7. The van der Waals surface area contributed by atoms with Gasteiger partial charge in [-0.1, -0.05) is 35.3 Å². The number of aliphatic carboxylic acids is 1. The number of hydrogen-bond acceptors (Lipinski definition) is 6. The number of nitrogens with zero attached hydrogens (tertiary/aromatic N) is 1. The number of ether oxygens (including phenoxy) is 4. The Morgan fingerprint density at radius 1 is 0.881 bits per heavy atom. The number of carbonyl (C=O) groups is 2. The Hall–Kier alpha value is -3.60. The first-order chi connectivity index (χ1) is 20.1. The summed E-state index contributed by atoms with van der Waals surface area (Å²) in [7, 11) is 0. The van der Waals surface area contributed by atoms with Gasteiger partial charge in [0.1, 0.15) is 23.9 Å². The Kier molecular flexibility index (Phi) is 13.1. The largest absolute Gasteiger partial charge is 0.493 e. The zero-order chi connectivity index (χ0) is 30.5. The molecule has 0 fully saturated rings. The fourth-order valence-electron chi connectivity index (χ4n) is 3.85. The molecule has 3 aromatic rings. The first-order valence-electron chi connectivity index (χ1n) is 13.2. The molecular weight excluding hydrogens is 595 g/mol. The minimum Gasteiger partial charge on any atom is -0.493 e. The quantitative estimate of drug-likeness (QED) is 0.171. The predicted molar refractivity (Wildman–Crippen MR) is 154 cm³/mol. The number of carbonyl (C=O) groups excluding carboxylic acids is 1. The van der Waals surface area contributed by atoms with Crippen LogP contribution < -0.4 is 14.2 Å². The zero-order valence-corrected chi connectivity index (χ0v) is 24.4. The van der Waals surface area contributed by atoms with Gasteiger partial charge in [0.05, 0.1) is 13.2 Å².